The van der Waals surface area contributed by atoms with Gasteiger partial charge in [-0.25, -0.2) is 0 Å². The highest BCUT2D eigenvalue weighted by molar-refractivity contribution is 5.98. The molecule has 0 bridgehead atoms. The van der Waals surface area contributed by atoms with Crippen LogP contribution in [0.2, 0.25) is 0 Å². The van der Waals surface area contributed by atoms with Gasteiger partial charge in [0, 0.05) is 11.4 Å². The molecule has 1 fully saturated rings. The predicted molar refractivity (Wildman–Crippen MR) is 83.5 cm³/mol. The summed E-state index contributed by atoms with van der Waals surface area (Å²) in [5.74, 6) is -0.560. The summed E-state index contributed by atoms with van der Waals surface area (Å²) in [5, 5.41) is 5.46. The zero-order chi connectivity index (χ0) is 15.7. The van der Waals surface area contributed by atoms with Crippen molar-refractivity contribution in [1.82, 2.24) is 10.6 Å². The standard InChI is InChI=1S/C16H16N4O2/c17-11-5-1-3-9(7-11)13-15(21)20-14(16(22)19-13)10-4-2-6-12(18)8-10/h1-8,13-14H,17-18H2,(H,19,22)(H,20,21). The Morgan fingerprint density at radius 2 is 1.14 bits per heavy atom. The van der Waals surface area contributed by atoms with Gasteiger partial charge in [0.15, 0.2) is 0 Å². The minimum absolute atomic E-state index is 0.280. The quantitative estimate of drug-likeness (QED) is 0.616. The molecule has 2 aromatic carbocycles. The van der Waals surface area contributed by atoms with Crippen molar-refractivity contribution in [3.05, 3.63) is 59.7 Å². The molecule has 1 aliphatic heterocycles. The van der Waals surface area contributed by atoms with Crippen LogP contribution in [0.25, 0.3) is 0 Å². The molecule has 112 valence electrons. The molecule has 2 amide bonds. The Morgan fingerprint density at radius 1 is 0.727 bits per heavy atom. The minimum Gasteiger partial charge on any atom is -0.399 e. The van der Waals surface area contributed by atoms with Crippen LogP contribution in [0, 0.1) is 0 Å². The lowest BCUT2D eigenvalue weighted by molar-refractivity contribution is -0.137. The molecule has 3 rings (SSSR count). The molecule has 2 atom stereocenters. The van der Waals surface area contributed by atoms with Crippen LogP contribution in [0.3, 0.4) is 0 Å². The predicted octanol–water partition coefficient (Wildman–Crippen LogP) is 0.879. The Kier molecular flexibility index (Phi) is 3.42. The number of carbonyl (C=O) groups is 2. The number of hydrogen-bond acceptors (Lipinski definition) is 4. The van der Waals surface area contributed by atoms with Gasteiger partial charge in [-0.3, -0.25) is 9.59 Å². The molecule has 0 saturated carbocycles. The highest BCUT2D eigenvalue weighted by Gasteiger charge is 2.35. The van der Waals surface area contributed by atoms with E-state index in [1.807, 2.05) is 0 Å². The first-order valence-corrected chi connectivity index (χ1v) is 6.86. The molecule has 2 unspecified atom stereocenters. The van der Waals surface area contributed by atoms with Gasteiger partial charge in [-0.2, -0.15) is 0 Å². The van der Waals surface area contributed by atoms with E-state index in [0.717, 1.165) is 0 Å². The van der Waals surface area contributed by atoms with Gasteiger partial charge in [0.25, 0.3) is 0 Å². The Bertz CT molecular complexity index is 681. The molecule has 2 aromatic rings. The van der Waals surface area contributed by atoms with E-state index in [1.165, 1.54) is 0 Å². The lowest BCUT2D eigenvalue weighted by Crippen LogP contribution is -2.52. The zero-order valence-corrected chi connectivity index (χ0v) is 11.7. The second-order valence-electron chi connectivity index (χ2n) is 5.22. The highest BCUT2D eigenvalue weighted by Crippen LogP contribution is 2.24. The summed E-state index contributed by atoms with van der Waals surface area (Å²) in [7, 11) is 0. The lowest BCUT2D eigenvalue weighted by Gasteiger charge is -2.30. The first-order chi connectivity index (χ1) is 10.5. The smallest absolute Gasteiger partial charge is 0.248 e. The number of carbonyl (C=O) groups excluding carboxylic acids is 2. The van der Waals surface area contributed by atoms with Crippen molar-refractivity contribution in [1.29, 1.82) is 0 Å². The Balaban J connectivity index is 1.86. The number of rotatable bonds is 2. The molecule has 0 aromatic heterocycles. The minimum atomic E-state index is -0.742. The van der Waals surface area contributed by atoms with Crippen LogP contribution in [0.4, 0.5) is 11.4 Å². The first kappa shape index (κ1) is 13.9. The fourth-order valence-electron chi connectivity index (χ4n) is 2.53. The molecule has 1 heterocycles. The van der Waals surface area contributed by atoms with Crippen LogP contribution in [-0.4, -0.2) is 11.8 Å². The molecule has 1 aliphatic rings. The molecule has 6 heteroatoms. The summed E-state index contributed by atoms with van der Waals surface area (Å²) < 4.78 is 0. The van der Waals surface area contributed by atoms with Crippen molar-refractivity contribution < 1.29 is 9.59 Å². The third-order valence-corrected chi connectivity index (χ3v) is 3.59. The van der Waals surface area contributed by atoms with Gasteiger partial charge in [-0.05, 0) is 35.4 Å². The summed E-state index contributed by atoms with van der Waals surface area (Å²) in [6.07, 6.45) is 0. The maximum atomic E-state index is 12.3. The molecule has 0 spiro atoms. The summed E-state index contributed by atoms with van der Waals surface area (Å²) in [6, 6.07) is 12.3. The van der Waals surface area contributed by atoms with Crippen molar-refractivity contribution >= 4 is 23.2 Å². The summed E-state index contributed by atoms with van der Waals surface area (Å²) in [5.41, 5.74) is 13.8. The molecule has 0 aliphatic carbocycles. The van der Waals surface area contributed by atoms with E-state index in [0.29, 0.717) is 22.5 Å². The van der Waals surface area contributed by atoms with Crippen molar-refractivity contribution in [2.75, 3.05) is 11.5 Å². The summed E-state index contributed by atoms with van der Waals surface area (Å²) >= 11 is 0. The van der Waals surface area contributed by atoms with Crippen LogP contribution < -0.4 is 22.1 Å². The van der Waals surface area contributed by atoms with Crippen LogP contribution in [0.5, 0.6) is 0 Å². The Hall–Kier alpha value is -3.02. The van der Waals surface area contributed by atoms with Gasteiger partial charge in [-0.1, -0.05) is 24.3 Å². The molecular weight excluding hydrogens is 280 g/mol. The van der Waals surface area contributed by atoms with Crippen LogP contribution >= 0.6 is 0 Å². The normalized spacial score (nSPS) is 21.1. The third-order valence-electron chi connectivity index (χ3n) is 3.59. The number of piperazine rings is 1. The van der Waals surface area contributed by atoms with Crippen molar-refractivity contribution in [3.63, 3.8) is 0 Å². The number of benzene rings is 2. The number of nitrogen functional groups attached to an aromatic ring is 2. The Labute approximate surface area is 127 Å². The van der Waals surface area contributed by atoms with Gasteiger partial charge in [0.05, 0.1) is 0 Å². The summed E-state index contributed by atoms with van der Waals surface area (Å²) in [4.78, 5) is 24.6. The fraction of sp³-hybridized carbons (Fsp3) is 0.125. The molecule has 6 N–H and O–H groups in total. The van der Waals surface area contributed by atoms with Crippen LogP contribution in [0.15, 0.2) is 48.5 Å². The van der Waals surface area contributed by atoms with E-state index in [9.17, 15) is 9.59 Å². The Morgan fingerprint density at radius 3 is 1.50 bits per heavy atom. The largest absolute Gasteiger partial charge is 0.399 e. The van der Waals surface area contributed by atoms with Gasteiger partial charge in [0.2, 0.25) is 11.8 Å². The van der Waals surface area contributed by atoms with E-state index in [-0.39, 0.29) is 11.8 Å². The van der Waals surface area contributed by atoms with E-state index in [1.54, 1.807) is 48.5 Å². The zero-order valence-electron chi connectivity index (χ0n) is 11.7. The maximum absolute atomic E-state index is 12.3. The molecule has 0 radical (unpaired) electrons. The van der Waals surface area contributed by atoms with Gasteiger partial charge in [-0.15, -0.1) is 0 Å². The van der Waals surface area contributed by atoms with E-state index >= 15 is 0 Å². The molecule has 22 heavy (non-hydrogen) atoms. The maximum Gasteiger partial charge on any atom is 0.248 e. The fourth-order valence-corrected chi connectivity index (χ4v) is 2.53. The SMILES string of the molecule is Nc1cccc(C2NC(=O)C(c3cccc(N)c3)NC2=O)c1. The first-order valence-electron chi connectivity index (χ1n) is 6.86. The van der Waals surface area contributed by atoms with Crippen molar-refractivity contribution in [2.24, 2.45) is 0 Å². The number of hydrogen-bond donors (Lipinski definition) is 4. The number of nitrogens with one attached hydrogen (secondary N) is 2. The monoisotopic (exact) mass is 296 g/mol. The number of nitrogens with two attached hydrogens (primary N) is 2. The van der Waals surface area contributed by atoms with Gasteiger partial charge in [0.1, 0.15) is 12.1 Å². The summed E-state index contributed by atoms with van der Waals surface area (Å²) in [6.45, 7) is 0. The molecule has 1 saturated heterocycles. The topological polar surface area (TPSA) is 110 Å². The van der Waals surface area contributed by atoms with Crippen molar-refractivity contribution in [2.45, 2.75) is 12.1 Å². The molecule has 6 nitrogen and oxygen atoms in total. The van der Waals surface area contributed by atoms with Gasteiger partial charge < -0.3 is 22.1 Å². The van der Waals surface area contributed by atoms with Crippen molar-refractivity contribution in [3.8, 4) is 0 Å². The van der Waals surface area contributed by atoms with E-state index in [4.69, 9.17) is 11.5 Å². The van der Waals surface area contributed by atoms with E-state index < -0.39 is 12.1 Å². The number of anilines is 2. The third kappa shape index (κ3) is 2.58. The molecular formula is C16H16N4O2. The second-order valence-corrected chi connectivity index (χ2v) is 5.22. The number of amides is 2. The average molecular weight is 296 g/mol. The van der Waals surface area contributed by atoms with E-state index in [2.05, 4.69) is 10.6 Å². The van der Waals surface area contributed by atoms with Crippen LogP contribution in [0.1, 0.15) is 23.2 Å². The lowest BCUT2D eigenvalue weighted by atomic mass is 9.98. The average Bonchev–Trinajstić information content (AvgIpc) is 2.49. The second kappa shape index (κ2) is 5.40. The van der Waals surface area contributed by atoms with Gasteiger partial charge >= 0.3 is 0 Å². The highest BCUT2D eigenvalue weighted by atomic mass is 16.2. The van der Waals surface area contributed by atoms with Crippen LogP contribution in [-0.2, 0) is 9.59 Å².